The summed E-state index contributed by atoms with van der Waals surface area (Å²) in [6, 6.07) is 49.1. The molecule has 0 aliphatic heterocycles. The van der Waals surface area contributed by atoms with Gasteiger partial charge in [-0.05, 0) is 30.4 Å². The Kier molecular flexibility index (Phi) is 10.1. The van der Waals surface area contributed by atoms with Gasteiger partial charge < -0.3 is 14.5 Å². The minimum atomic E-state index is -2.98. The van der Waals surface area contributed by atoms with Gasteiger partial charge in [-0.3, -0.25) is 0 Å². The van der Waals surface area contributed by atoms with Gasteiger partial charge in [0.15, 0.2) is 7.14 Å². The number of aryl methyl sites for hydroxylation is 1. The number of pyridine rings is 2. The summed E-state index contributed by atoms with van der Waals surface area (Å²) in [7, 11) is -2.98. The second-order valence-corrected chi connectivity index (χ2v) is 11.7. The number of aromatic nitrogens is 2. The van der Waals surface area contributed by atoms with Crippen LogP contribution in [0.15, 0.2) is 146 Å². The number of hydrogen-bond donors (Lipinski definition) is 0. The van der Waals surface area contributed by atoms with Gasteiger partial charge in [0.25, 0.3) is 0 Å². The fraction of sp³-hybridized carbons (Fsp3) is 0.0286. The molecule has 0 saturated heterocycles. The van der Waals surface area contributed by atoms with Crippen molar-refractivity contribution in [2.75, 3.05) is 0 Å². The Morgan fingerprint density at radius 2 is 1.18 bits per heavy atom. The van der Waals surface area contributed by atoms with Crippen LogP contribution in [0.5, 0.6) is 0 Å². The van der Waals surface area contributed by atoms with Crippen molar-refractivity contribution in [2.45, 2.75) is 6.92 Å². The molecule has 2 aromatic heterocycles. The van der Waals surface area contributed by atoms with Gasteiger partial charge in [0.2, 0.25) is 0 Å². The van der Waals surface area contributed by atoms with Crippen LogP contribution in [0.25, 0.3) is 22.5 Å². The molecule has 0 unspecified atom stereocenters. The Bertz CT molecular complexity index is 1600. The molecule has 0 amide bonds. The molecular formula is C35H27IrN2OP-2. The van der Waals surface area contributed by atoms with Gasteiger partial charge >= 0.3 is 0 Å². The molecule has 0 bridgehead atoms. The summed E-state index contributed by atoms with van der Waals surface area (Å²) in [5.41, 5.74) is 4.83. The second-order valence-electron chi connectivity index (χ2n) is 8.95. The predicted molar refractivity (Wildman–Crippen MR) is 161 cm³/mol. The zero-order valence-corrected chi connectivity index (χ0v) is 25.2. The van der Waals surface area contributed by atoms with E-state index in [0.29, 0.717) is 0 Å². The average Bonchev–Trinajstić information content (AvgIpc) is 3.03. The largest absolute Gasteiger partial charge is 0.310 e. The normalized spacial score (nSPS) is 10.5. The van der Waals surface area contributed by atoms with E-state index in [1.807, 2.05) is 140 Å². The van der Waals surface area contributed by atoms with E-state index >= 15 is 0 Å². The predicted octanol–water partition coefficient (Wildman–Crippen LogP) is 7.04. The average molecular weight is 715 g/mol. The minimum absolute atomic E-state index is 0. The monoisotopic (exact) mass is 715 g/mol. The standard InChI is InChI=1S/C24H19NOP.C11H8N.Ir/c1-19-15-16-25-24(17-19)20-9-8-14-23(18-20)27(26,21-10-4-2-5-11-21)22-12-6-3-7-13-22;1-2-6-10(7-3-1)11-8-4-5-9-12-11;/h2-8,10-18H,1H3;1-6,8-9H;/q2*-1;. The fourth-order valence-electron chi connectivity index (χ4n) is 4.28. The summed E-state index contributed by atoms with van der Waals surface area (Å²) in [5, 5.41) is 2.44. The molecule has 4 aromatic carbocycles. The Morgan fingerprint density at radius 1 is 0.550 bits per heavy atom. The summed E-state index contributed by atoms with van der Waals surface area (Å²) < 4.78 is 14.4. The molecule has 199 valence electrons. The number of benzene rings is 4. The van der Waals surface area contributed by atoms with Crippen LogP contribution in [0.2, 0.25) is 0 Å². The Labute approximate surface area is 249 Å². The molecule has 0 N–H and O–H groups in total. The smallest absolute Gasteiger partial charge is 0.153 e. The first-order valence-electron chi connectivity index (χ1n) is 12.7. The van der Waals surface area contributed by atoms with Crippen molar-refractivity contribution in [3.8, 4) is 22.5 Å². The zero-order chi connectivity index (χ0) is 26.9. The van der Waals surface area contributed by atoms with E-state index in [4.69, 9.17) is 0 Å². The van der Waals surface area contributed by atoms with Crippen molar-refractivity contribution in [3.63, 3.8) is 0 Å². The molecule has 0 saturated carbocycles. The first kappa shape index (κ1) is 29.1. The molecule has 0 atom stereocenters. The van der Waals surface area contributed by atoms with Gasteiger partial charge in [-0.2, -0.15) is 0 Å². The molecular weight excluding hydrogens is 688 g/mol. The van der Waals surface area contributed by atoms with Crippen LogP contribution in [0.3, 0.4) is 0 Å². The Hall–Kier alpha value is -3.94. The van der Waals surface area contributed by atoms with Gasteiger partial charge in [0.1, 0.15) is 0 Å². The number of nitrogens with zero attached hydrogens (tertiary/aromatic N) is 2. The first-order chi connectivity index (χ1) is 19.1. The maximum Gasteiger partial charge on any atom is 0.153 e. The molecule has 0 spiro atoms. The minimum Gasteiger partial charge on any atom is -0.310 e. The molecule has 1 radical (unpaired) electrons. The molecule has 40 heavy (non-hydrogen) atoms. The molecule has 0 fully saturated rings. The van der Waals surface area contributed by atoms with Crippen molar-refractivity contribution in [3.05, 3.63) is 164 Å². The van der Waals surface area contributed by atoms with E-state index in [2.05, 4.69) is 22.1 Å². The van der Waals surface area contributed by atoms with E-state index in [9.17, 15) is 4.57 Å². The molecule has 0 aliphatic rings. The molecule has 3 nitrogen and oxygen atoms in total. The van der Waals surface area contributed by atoms with Crippen molar-refractivity contribution >= 4 is 23.1 Å². The van der Waals surface area contributed by atoms with Crippen LogP contribution < -0.4 is 15.9 Å². The van der Waals surface area contributed by atoms with Crippen LogP contribution in [0, 0.1) is 19.1 Å². The third kappa shape index (κ3) is 6.79. The van der Waals surface area contributed by atoms with E-state index in [1.165, 1.54) is 0 Å². The zero-order valence-electron chi connectivity index (χ0n) is 21.9. The van der Waals surface area contributed by atoms with E-state index in [1.54, 1.807) is 12.4 Å². The summed E-state index contributed by atoms with van der Waals surface area (Å²) in [6.45, 7) is 2.04. The third-order valence-corrected chi connectivity index (χ3v) is 9.29. The second kappa shape index (κ2) is 13.9. The van der Waals surface area contributed by atoms with Crippen LogP contribution in [0.1, 0.15) is 5.56 Å². The topological polar surface area (TPSA) is 42.9 Å². The maximum atomic E-state index is 14.4. The number of rotatable bonds is 5. The van der Waals surface area contributed by atoms with Gasteiger partial charge in [-0.25, -0.2) is 0 Å². The molecule has 6 aromatic rings. The van der Waals surface area contributed by atoms with Crippen molar-refractivity contribution < 1.29 is 24.7 Å². The van der Waals surface area contributed by atoms with Crippen molar-refractivity contribution in [2.24, 2.45) is 0 Å². The van der Waals surface area contributed by atoms with Gasteiger partial charge in [-0.15, -0.1) is 65.7 Å². The molecule has 2 heterocycles. The van der Waals surface area contributed by atoms with E-state index in [-0.39, 0.29) is 20.1 Å². The molecule has 6 rings (SSSR count). The van der Waals surface area contributed by atoms with Crippen LogP contribution in [-0.2, 0) is 24.7 Å². The molecule has 0 aliphatic carbocycles. The van der Waals surface area contributed by atoms with Crippen LogP contribution in [-0.4, -0.2) is 9.97 Å². The van der Waals surface area contributed by atoms with Gasteiger partial charge in [0.05, 0.1) is 0 Å². The Morgan fingerprint density at radius 3 is 1.77 bits per heavy atom. The van der Waals surface area contributed by atoms with E-state index in [0.717, 1.165) is 44.0 Å². The first-order valence-corrected chi connectivity index (χ1v) is 14.4. The SMILES string of the molecule is Cc1ccnc(-c2[c-]ccc(P(=O)(c3ccccc3)c3ccccc3)c2)c1.[Ir].[c-]1ccccc1-c1ccccn1. The van der Waals surface area contributed by atoms with E-state index < -0.39 is 7.14 Å². The summed E-state index contributed by atoms with van der Waals surface area (Å²) >= 11 is 0. The quantitative estimate of drug-likeness (QED) is 0.142. The van der Waals surface area contributed by atoms with Crippen molar-refractivity contribution in [1.82, 2.24) is 9.97 Å². The van der Waals surface area contributed by atoms with Crippen molar-refractivity contribution in [1.29, 1.82) is 0 Å². The summed E-state index contributed by atoms with van der Waals surface area (Å²) in [4.78, 5) is 8.68. The third-order valence-electron chi connectivity index (χ3n) is 6.23. The number of hydrogen-bond acceptors (Lipinski definition) is 3. The van der Waals surface area contributed by atoms with Gasteiger partial charge in [0, 0.05) is 43.1 Å². The van der Waals surface area contributed by atoms with Crippen LogP contribution in [0.4, 0.5) is 0 Å². The fourth-order valence-corrected chi connectivity index (χ4v) is 6.95. The summed E-state index contributed by atoms with van der Waals surface area (Å²) in [6.07, 6.45) is 3.58. The summed E-state index contributed by atoms with van der Waals surface area (Å²) in [5.74, 6) is 0. The molecule has 5 heteroatoms. The van der Waals surface area contributed by atoms with Crippen LogP contribution >= 0.6 is 7.14 Å². The maximum absolute atomic E-state index is 14.4. The Balaban J connectivity index is 0.000000238. The van der Waals surface area contributed by atoms with Gasteiger partial charge in [-0.1, -0.05) is 89.7 Å².